The molecule has 0 bridgehead atoms. The van der Waals surface area contributed by atoms with Gasteiger partial charge < -0.3 is 51.4 Å². The van der Waals surface area contributed by atoms with E-state index in [-0.39, 0.29) is 48.4 Å². The van der Waals surface area contributed by atoms with Gasteiger partial charge in [0.25, 0.3) is 0 Å². The fourth-order valence-corrected chi connectivity index (χ4v) is 8.76. The molecule has 498 valence electrons. The van der Waals surface area contributed by atoms with Crippen molar-refractivity contribution in [2.75, 3.05) is 23.8 Å². The largest absolute Gasteiger partial charge is 0.481 e. The Morgan fingerprint density at radius 3 is 1.03 bits per heavy atom. The summed E-state index contributed by atoms with van der Waals surface area (Å²) >= 11 is 0. The van der Waals surface area contributed by atoms with Gasteiger partial charge in [-0.25, -0.2) is 19.9 Å². The summed E-state index contributed by atoms with van der Waals surface area (Å²) < 4.78 is 57.6. The van der Waals surface area contributed by atoms with Crippen molar-refractivity contribution in [3.8, 4) is 212 Å². The van der Waals surface area contributed by atoms with E-state index in [9.17, 15) is 42.5 Å². The van der Waals surface area contributed by atoms with Crippen LogP contribution in [0.1, 0.15) is 67.9 Å². The average molecular weight is 1350 g/mol. The van der Waals surface area contributed by atoms with E-state index in [0.717, 1.165) is 49.7 Å². The summed E-state index contributed by atoms with van der Waals surface area (Å²) in [5, 5.41) is 53.0. The van der Waals surface area contributed by atoms with Crippen LogP contribution in [0.25, 0.3) is 22.3 Å². The first-order valence-corrected chi connectivity index (χ1v) is 30.1. The van der Waals surface area contributed by atoms with E-state index in [4.69, 9.17) is 28.8 Å². The van der Waals surface area contributed by atoms with Crippen LogP contribution in [0.2, 0.25) is 0 Å². The molecule has 101 heavy (non-hydrogen) atoms. The fourth-order valence-electron chi connectivity index (χ4n) is 8.76. The summed E-state index contributed by atoms with van der Waals surface area (Å²) in [5.41, 5.74) is 10.9. The lowest BCUT2D eigenvalue weighted by Crippen LogP contribution is -2.28. The molecule has 16 nitrogen and oxygen atoms in total. The van der Waals surface area contributed by atoms with Gasteiger partial charge in [-0.05, 0) is 204 Å². The van der Waals surface area contributed by atoms with Gasteiger partial charge in [0.2, 0.25) is 11.9 Å². The Morgan fingerprint density at radius 1 is 0.455 bits per heavy atom. The molecule has 2 aliphatic rings. The number of aromatic nitrogens is 4. The lowest BCUT2D eigenvalue weighted by atomic mass is 9.88. The van der Waals surface area contributed by atoms with Crippen LogP contribution in [0.4, 0.5) is 40.8 Å². The van der Waals surface area contributed by atoms with Crippen molar-refractivity contribution in [2.24, 2.45) is 11.7 Å². The number of ketones is 1. The normalized spacial score (nSPS) is 13.8. The number of aliphatic carboxylic acids is 1. The SMILES string of the molecule is C#CC#CC#CC#CC#CC#CC#CC#CC#CC#CC#CC#CC#CC#CC#C.N[C@H]1CCC[C@@H]1O.O=C(C[C@H]1CCC[C@@H]1O)[C@@H](CO)c1ccc(Nc2ncc(-c3ccc(OC(F)F)cc3)cn2)cc1.O=C(O)[C@@H](CO)c1ccc(Nc2ncc(-c3ccc(OC(F)F)cc3)cn2)cc1. The molecule has 2 aliphatic carbocycles. The molecule has 0 amide bonds. The molecule has 0 radical (unpaired) electrons. The summed E-state index contributed by atoms with van der Waals surface area (Å²) in [6.45, 7) is -6.51. The summed E-state index contributed by atoms with van der Waals surface area (Å²) in [6.07, 6.45) is 21.4. The van der Waals surface area contributed by atoms with Crippen molar-refractivity contribution < 1.29 is 62.2 Å². The molecule has 0 saturated heterocycles. The Balaban J connectivity index is 0.000000261. The number of nitrogens with one attached hydrogen (secondary N) is 2. The first-order chi connectivity index (χ1) is 49.1. The van der Waals surface area contributed by atoms with Gasteiger partial charge in [0.05, 0.1) is 31.3 Å². The third-order valence-corrected chi connectivity index (χ3v) is 13.6. The zero-order chi connectivity index (χ0) is 72.7. The van der Waals surface area contributed by atoms with Crippen LogP contribution in [0.15, 0.2) is 122 Å². The highest BCUT2D eigenvalue weighted by Gasteiger charge is 2.30. The second-order valence-corrected chi connectivity index (χ2v) is 20.3. The van der Waals surface area contributed by atoms with Crippen LogP contribution in [-0.4, -0.2) is 102 Å². The molecule has 0 aliphatic heterocycles. The van der Waals surface area contributed by atoms with E-state index in [1.807, 2.05) is 0 Å². The van der Waals surface area contributed by atoms with Crippen LogP contribution in [0.3, 0.4) is 0 Å². The molecule has 4 aromatic carbocycles. The maximum absolute atomic E-state index is 12.7. The second-order valence-electron chi connectivity index (χ2n) is 20.3. The summed E-state index contributed by atoms with van der Waals surface area (Å²) in [7, 11) is 0. The van der Waals surface area contributed by atoms with Gasteiger partial charge in [0.15, 0.2) is 0 Å². The fraction of sp³-hybridized carbons (Fsp3) is 0.210. The van der Waals surface area contributed by atoms with Crippen LogP contribution >= 0.6 is 0 Å². The first-order valence-electron chi connectivity index (χ1n) is 30.1. The number of hydrogen-bond donors (Lipinski definition) is 8. The highest BCUT2D eigenvalue weighted by molar-refractivity contribution is 5.86. The van der Waals surface area contributed by atoms with Crippen molar-refractivity contribution in [3.05, 3.63) is 133 Å². The van der Waals surface area contributed by atoms with E-state index >= 15 is 0 Å². The molecule has 9 N–H and O–H groups in total. The number of carbonyl (C=O) groups excluding carboxylic acids is 1. The van der Waals surface area contributed by atoms with E-state index in [1.54, 1.807) is 97.6 Å². The number of halogens is 4. The lowest BCUT2D eigenvalue weighted by Gasteiger charge is -2.18. The number of alkyl halides is 4. The number of nitrogens with zero attached hydrogens (tertiary/aromatic N) is 4. The van der Waals surface area contributed by atoms with Crippen LogP contribution in [0, 0.1) is 185 Å². The number of hydrogen-bond acceptors (Lipinski definition) is 15. The van der Waals surface area contributed by atoms with E-state index < -0.39 is 43.7 Å². The minimum Gasteiger partial charge on any atom is -0.481 e. The number of carbonyl (C=O) groups is 2. The van der Waals surface area contributed by atoms with Crippen molar-refractivity contribution in [3.63, 3.8) is 0 Å². The van der Waals surface area contributed by atoms with Crippen LogP contribution in [0.5, 0.6) is 11.5 Å². The van der Waals surface area contributed by atoms with Gasteiger partial charge in [-0.1, -0.05) is 55.0 Å². The Morgan fingerprint density at radius 2 is 0.772 bits per heavy atom. The van der Waals surface area contributed by atoms with E-state index in [2.05, 4.69) is 206 Å². The topological polar surface area (TPSA) is 255 Å². The zero-order valence-corrected chi connectivity index (χ0v) is 53.4. The smallest absolute Gasteiger partial charge is 0.387 e. The third kappa shape index (κ3) is 30.7. The monoisotopic (exact) mass is 1350 g/mol. The minimum absolute atomic E-state index is 0.0264. The van der Waals surface area contributed by atoms with Gasteiger partial charge in [0.1, 0.15) is 23.2 Å². The number of carboxylic acids is 1. The first kappa shape index (κ1) is 78.0. The predicted octanol–water partition coefficient (Wildman–Crippen LogP) is 8.49. The molecule has 0 unspecified atom stereocenters. The minimum atomic E-state index is -2.87. The lowest BCUT2D eigenvalue weighted by molar-refractivity contribution is -0.139. The number of terminal acetylenes is 2. The number of aliphatic hydroxyl groups excluding tert-OH is 4. The molecular weight excluding hydrogens is 1290 g/mol. The Labute approximate surface area is 583 Å². The summed E-state index contributed by atoms with van der Waals surface area (Å²) in [4.78, 5) is 40.8. The highest BCUT2D eigenvalue weighted by atomic mass is 19.3. The molecule has 2 saturated carbocycles. The number of rotatable bonds is 18. The highest BCUT2D eigenvalue weighted by Crippen LogP contribution is 2.32. The quantitative estimate of drug-likeness (QED) is 0.0297. The Hall–Kier alpha value is -13.7. The van der Waals surface area contributed by atoms with Crippen molar-refractivity contribution in [1.29, 1.82) is 0 Å². The van der Waals surface area contributed by atoms with Gasteiger partial charge in [-0.2, -0.15) is 17.6 Å². The molecule has 6 atom stereocenters. The second kappa shape index (κ2) is 45.6. The molecular formula is C81H57F4N7O9. The van der Waals surface area contributed by atoms with Gasteiger partial charge in [0, 0.05) is 131 Å². The number of ether oxygens (including phenoxy) is 2. The molecule has 2 fully saturated rings. The number of nitrogens with two attached hydrogens (primary N) is 1. The Kier molecular flexibility index (Phi) is 35.2. The summed E-state index contributed by atoms with van der Waals surface area (Å²) in [6, 6.07) is 26.1. The summed E-state index contributed by atoms with van der Waals surface area (Å²) in [5.74, 6) is 66.2. The van der Waals surface area contributed by atoms with Gasteiger partial charge in [-0.15, -0.1) is 12.8 Å². The van der Waals surface area contributed by atoms with Crippen molar-refractivity contribution >= 4 is 35.0 Å². The van der Waals surface area contributed by atoms with E-state index in [1.165, 1.54) is 24.3 Å². The van der Waals surface area contributed by atoms with Crippen LogP contribution < -0.4 is 25.8 Å². The number of benzene rings is 4. The number of Topliss-reactive ketones (excluding diaryl/α,β-unsaturated/α-hetero) is 1. The number of anilines is 4. The predicted molar refractivity (Wildman–Crippen MR) is 374 cm³/mol. The molecule has 2 aromatic heterocycles. The third-order valence-electron chi connectivity index (χ3n) is 13.6. The van der Waals surface area contributed by atoms with Crippen molar-refractivity contribution in [2.45, 2.75) is 88.3 Å². The number of aliphatic hydroxyl groups is 4. The van der Waals surface area contributed by atoms with Crippen molar-refractivity contribution in [1.82, 2.24) is 19.9 Å². The Bertz CT molecular complexity index is 4650. The average Bonchev–Trinajstić information content (AvgIpc) is 1.28. The maximum atomic E-state index is 12.7. The molecule has 2 heterocycles. The van der Waals surface area contributed by atoms with E-state index in [0.29, 0.717) is 45.5 Å². The standard InChI is InChI=1S/C30H2.C26H27F2N3O4.C20H17F2N3O4.C5H11NO/c1-3-5-7-9-11-13-15-17-19-21-23-25-27-29-30-28-26-24-22-20-18-16-14-12-10-8-6-4-2;27-25(28)35-21-10-6-16(7-11-21)19-13-29-26(30-14-19)31-20-8-4-17(5-9-20)22(15-32)24(34)12-18-2-1-3-23(18)33;21-19(22)29-16-7-3-12(4-8-16)14-9-23-20(24-10-14)25-15-5-1-13(2-6-15)17(11-26)18(27)28;6-4-2-1-3-5(4)7/h1-2H;4-11,13-14,18,22-23,25,32-33H,1-3,12,15H2,(H,29,30,31);1-10,17,19,26H,11H2,(H,27,28)(H,23,24,25);4-5,7H,1-3,6H2/t;18-,22+,23+;17-;4-,5-/m.100/s1. The molecule has 6 aromatic rings. The zero-order valence-electron chi connectivity index (χ0n) is 53.4. The maximum Gasteiger partial charge on any atom is 0.387 e. The molecule has 8 rings (SSSR count). The van der Waals surface area contributed by atoms with Gasteiger partial charge in [-0.3, -0.25) is 9.59 Å². The number of carboxylic acid groups (broad SMARTS) is 1. The van der Waals surface area contributed by atoms with Gasteiger partial charge >= 0.3 is 19.2 Å². The molecule has 0 spiro atoms. The molecule has 20 heteroatoms. The van der Waals surface area contributed by atoms with Crippen LogP contribution in [-0.2, 0) is 9.59 Å².